The summed E-state index contributed by atoms with van der Waals surface area (Å²) in [6.07, 6.45) is 3.03. The molecule has 78 valence electrons. The summed E-state index contributed by atoms with van der Waals surface area (Å²) in [5.74, 6) is 0.268. The molecular formula is C9H14N2O2S. The minimum atomic E-state index is -3.04. The Morgan fingerprint density at radius 1 is 1.50 bits per heavy atom. The zero-order chi connectivity index (χ0) is 10.3. The van der Waals surface area contributed by atoms with Gasteiger partial charge in [0, 0.05) is 6.04 Å². The zero-order valence-electron chi connectivity index (χ0n) is 8.40. The Morgan fingerprint density at radius 2 is 2.21 bits per heavy atom. The minimum absolute atomic E-state index is 0.229. The molecule has 1 aliphatic rings. The van der Waals surface area contributed by atoms with Crippen LogP contribution in [0.1, 0.15) is 32.0 Å². The fraction of sp³-hybridized carbons (Fsp3) is 0.667. The van der Waals surface area contributed by atoms with Crippen molar-refractivity contribution in [2.24, 2.45) is 0 Å². The van der Waals surface area contributed by atoms with Gasteiger partial charge in [-0.25, -0.2) is 8.42 Å². The molecule has 0 radical (unpaired) electrons. The fourth-order valence-electron chi connectivity index (χ4n) is 1.85. The first-order valence-corrected chi connectivity index (χ1v) is 6.47. The van der Waals surface area contributed by atoms with E-state index in [4.69, 9.17) is 0 Å². The van der Waals surface area contributed by atoms with E-state index in [0.717, 1.165) is 12.1 Å². The number of hydrogen-bond donors (Lipinski definition) is 0. The molecule has 0 fully saturated rings. The molecular weight excluding hydrogens is 200 g/mol. The molecule has 0 unspecified atom stereocenters. The van der Waals surface area contributed by atoms with E-state index in [9.17, 15) is 8.42 Å². The molecule has 0 N–H and O–H groups in total. The van der Waals surface area contributed by atoms with E-state index >= 15 is 0 Å². The van der Waals surface area contributed by atoms with E-state index < -0.39 is 9.84 Å². The van der Waals surface area contributed by atoms with Crippen LogP contribution in [0.2, 0.25) is 0 Å². The predicted octanol–water partition coefficient (Wildman–Crippen LogP) is 1.18. The molecule has 4 nitrogen and oxygen atoms in total. The summed E-state index contributed by atoms with van der Waals surface area (Å²) >= 11 is 0. The number of hydrogen-bond acceptors (Lipinski definition) is 3. The maximum Gasteiger partial charge on any atom is 0.181 e. The molecule has 2 heterocycles. The molecule has 2 rings (SSSR count). The van der Waals surface area contributed by atoms with Gasteiger partial charge in [0.1, 0.15) is 4.90 Å². The molecule has 0 aliphatic carbocycles. The molecule has 0 saturated carbocycles. The van der Waals surface area contributed by atoms with Crippen LogP contribution in [0.4, 0.5) is 0 Å². The number of sulfone groups is 1. The summed E-state index contributed by atoms with van der Waals surface area (Å²) in [6.45, 7) is 4.02. The Kier molecular flexibility index (Phi) is 2.14. The Bertz CT molecular complexity index is 445. The third-order valence-electron chi connectivity index (χ3n) is 2.51. The molecule has 0 spiro atoms. The largest absolute Gasteiger partial charge is 0.266 e. The van der Waals surface area contributed by atoms with E-state index in [1.165, 1.54) is 6.20 Å². The second-order valence-corrected chi connectivity index (χ2v) is 5.99. The van der Waals surface area contributed by atoms with Crippen molar-refractivity contribution in [3.8, 4) is 0 Å². The van der Waals surface area contributed by atoms with E-state index in [1.54, 1.807) is 0 Å². The van der Waals surface area contributed by atoms with Crippen molar-refractivity contribution in [2.45, 2.75) is 37.6 Å². The summed E-state index contributed by atoms with van der Waals surface area (Å²) < 4.78 is 25.1. The van der Waals surface area contributed by atoms with Crippen LogP contribution in [-0.2, 0) is 16.3 Å². The van der Waals surface area contributed by atoms with Gasteiger partial charge < -0.3 is 0 Å². The molecule has 14 heavy (non-hydrogen) atoms. The zero-order valence-corrected chi connectivity index (χ0v) is 9.21. The van der Waals surface area contributed by atoms with Gasteiger partial charge in [0.2, 0.25) is 0 Å². The van der Waals surface area contributed by atoms with Crippen LogP contribution in [0.15, 0.2) is 11.1 Å². The van der Waals surface area contributed by atoms with Gasteiger partial charge in [0.05, 0.1) is 17.6 Å². The first-order valence-electron chi connectivity index (χ1n) is 4.81. The second kappa shape index (κ2) is 3.08. The van der Waals surface area contributed by atoms with Crippen molar-refractivity contribution in [3.63, 3.8) is 0 Å². The average molecular weight is 214 g/mol. The Hall–Kier alpha value is -0.840. The topological polar surface area (TPSA) is 52.0 Å². The van der Waals surface area contributed by atoms with Crippen LogP contribution >= 0.6 is 0 Å². The standard InChI is InChI=1S/C9H14N2O2S/c1-7(2)11-8-4-3-5-14(12,13)9(8)6-10-11/h6-7H,3-5H2,1-2H3. The van der Waals surface area contributed by atoms with Crippen molar-refractivity contribution in [2.75, 3.05) is 5.75 Å². The van der Waals surface area contributed by atoms with Crippen molar-refractivity contribution in [1.29, 1.82) is 0 Å². The van der Waals surface area contributed by atoms with Crippen LogP contribution in [0.25, 0.3) is 0 Å². The lowest BCUT2D eigenvalue weighted by atomic mass is 10.2. The molecule has 0 atom stereocenters. The van der Waals surface area contributed by atoms with Gasteiger partial charge in [0.15, 0.2) is 9.84 Å². The van der Waals surface area contributed by atoms with Crippen molar-refractivity contribution >= 4 is 9.84 Å². The quantitative estimate of drug-likeness (QED) is 0.705. The van der Waals surface area contributed by atoms with Gasteiger partial charge in [-0.2, -0.15) is 5.10 Å². The van der Waals surface area contributed by atoms with Crippen LogP contribution in [0.5, 0.6) is 0 Å². The number of rotatable bonds is 1. The summed E-state index contributed by atoms with van der Waals surface area (Å²) in [5.41, 5.74) is 0.881. The normalized spacial score (nSPS) is 19.6. The Labute approximate surface area is 83.8 Å². The molecule has 1 aliphatic heterocycles. The van der Waals surface area contributed by atoms with Gasteiger partial charge in [0.25, 0.3) is 0 Å². The molecule has 0 bridgehead atoms. The van der Waals surface area contributed by atoms with Crippen LogP contribution < -0.4 is 0 Å². The van der Waals surface area contributed by atoms with Crippen molar-refractivity contribution < 1.29 is 8.42 Å². The van der Waals surface area contributed by atoms with E-state index in [0.29, 0.717) is 11.3 Å². The average Bonchev–Trinajstić information content (AvgIpc) is 2.48. The van der Waals surface area contributed by atoms with Crippen molar-refractivity contribution in [3.05, 3.63) is 11.9 Å². The summed E-state index contributed by atoms with van der Waals surface area (Å²) in [7, 11) is -3.04. The smallest absolute Gasteiger partial charge is 0.181 e. The summed E-state index contributed by atoms with van der Waals surface area (Å²) in [4.78, 5) is 0.442. The Morgan fingerprint density at radius 3 is 2.86 bits per heavy atom. The fourth-order valence-corrected chi connectivity index (χ4v) is 3.36. The van der Waals surface area contributed by atoms with E-state index in [1.807, 2.05) is 18.5 Å². The molecule has 0 aromatic carbocycles. The lowest BCUT2D eigenvalue weighted by Gasteiger charge is -2.16. The second-order valence-electron chi connectivity index (χ2n) is 3.92. The predicted molar refractivity (Wildman–Crippen MR) is 53.0 cm³/mol. The SMILES string of the molecule is CC(C)n1ncc2c1CCCS2(=O)=O. The van der Waals surface area contributed by atoms with Crippen LogP contribution in [-0.4, -0.2) is 24.0 Å². The number of aromatic nitrogens is 2. The molecule has 1 aromatic heterocycles. The minimum Gasteiger partial charge on any atom is -0.266 e. The lowest BCUT2D eigenvalue weighted by molar-refractivity contribution is 0.500. The van der Waals surface area contributed by atoms with Gasteiger partial charge in [-0.15, -0.1) is 0 Å². The highest BCUT2D eigenvalue weighted by molar-refractivity contribution is 7.91. The van der Waals surface area contributed by atoms with Gasteiger partial charge in [-0.1, -0.05) is 0 Å². The van der Waals surface area contributed by atoms with Gasteiger partial charge >= 0.3 is 0 Å². The molecule has 1 aromatic rings. The molecule has 0 saturated heterocycles. The van der Waals surface area contributed by atoms with Crippen LogP contribution in [0.3, 0.4) is 0 Å². The number of nitrogens with zero attached hydrogens (tertiary/aromatic N) is 2. The first kappa shape index (κ1) is 9.71. The molecule has 5 heteroatoms. The van der Waals surface area contributed by atoms with Gasteiger partial charge in [-0.05, 0) is 26.7 Å². The summed E-state index contributed by atoms with van der Waals surface area (Å²) in [5, 5.41) is 4.13. The highest BCUT2D eigenvalue weighted by Crippen LogP contribution is 2.26. The van der Waals surface area contributed by atoms with E-state index in [2.05, 4.69) is 5.10 Å². The molecule has 0 amide bonds. The highest BCUT2D eigenvalue weighted by atomic mass is 32.2. The van der Waals surface area contributed by atoms with Gasteiger partial charge in [-0.3, -0.25) is 4.68 Å². The highest BCUT2D eigenvalue weighted by Gasteiger charge is 2.27. The lowest BCUT2D eigenvalue weighted by Crippen LogP contribution is -2.18. The summed E-state index contributed by atoms with van der Waals surface area (Å²) in [6, 6.07) is 0.229. The van der Waals surface area contributed by atoms with Crippen molar-refractivity contribution in [1.82, 2.24) is 9.78 Å². The maximum atomic E-state index is 11.7. The monoisotopic (exact) mass is 214 g/mol. The van der Waals surface area contributed by atoms with E-state index in [-0.39, 0.29) is 11.8 Å². The Balaban J connectivity index is 2.60. The third kappa shape index (κ3) is 1.35. The van der Waals surface area contributed by atoms with Crippen LogP contribution in [0, 0.1) is 0 Å². The first-order chi connectivity index (χ1) is 6.52. The third-order valence-corrected chi connectivity index (χ3v) is 4.35. The maximum absolute atomic E-state index is 11.7. The number of fused-ring (bicyclic) bond motifs is 1.